The number of nitrogens with one attached hydrogen (secondary N) is 1. The molecule has 0 aliphatic carbocycles. The van der Waals surface area contributed by atoms with E-state index < -0.39 is 17.6 Å². The van der Waals surface area contributed by atoms with Gasteiger partial charge in [-0.25, -0.2) is 4.98 Å². The zero-order valence-corrected chi connectivity index (χ0v) is 13.5. The summed E-state index contributed by atoms with van der Waals surface area (Å²) in [6, 6.07) is 9.86. The number of carbonyl (C=O) groups excluding carboxylic acids is 1. The molecule has 1 amide bonds. The summed E-state index contributed by atoms with van der Waals surface area (Å²) in [7, 11) is 0. The molecular weight excluding hydrogens is 331 g/mol. The zero-order valence-electron chi connectivity index (χ0n) is 13.5. The van der Waals surface area contributed by atoms with Gasteiger partial charge in [-0.3, -0.25) is 4.79 Å². The number of amides is 1. The predicted octanol–water partition coefficient (Wildman–Crippen LogP) is 4.01. The van der Waals surface area contributed by atoms with Gasteiger partial charge < -0.3 is 9.88 Å². The molecule has 1 heterocycles. The van der Waals surface area contributed by atoms with Crippen molar-refractivity contribution in [3.63, 3.8) is 0 Å². The molecule has 25 heavy (non-hydrogen) atoms. The minimum atomic E-state index is -4.41. The Labute approximate surface area is 142 Å². The lowest BCUT2D eigenvalue weighted by atomic mass is 10.1. The van der Waals surface area contributed by atoms with Crippen LogP contribution in [0.3, 0.4) is 0 Å². The average Bonchev–Trinajstić information content (AvgIpc) is 3.01. The molecule has 4 nitrogen and oxygen atoms in total. The molecular formula is C18H16F3N3O. The van der Waals surface area contributed by atoms with Gasteiger partial charge in [0.25, 0.3) is 5.91 Å². The zero-order chi connectivity index (χ0) is 18.0. The van der Waals surface area contributed by atoms with Crippen LogP contribution < -0.4 is 5.32 Å². The van der Waals surface area contributed by atoms with Crippen molar-refractivity contribution in [1.82, 2.24) is 14.9 Å². The molecule has 0 fully saturated rings. The van der Waals surface area contributed by atoms with Crippen LogP contribution in [0.4, 0.5) is 13.2 Å². The van der Waals surface area contributed by atoms with Crippen LogP contribution in [-0.2, 0) is 19.3 Å². The van der Waals surface area contributed by atoms with Gasteiger partial charge in [-0.05, 0) is 48.9 Å². The van der Waals surface area contributed by atoms with Crippen molar-refractivity contribution in [1.29, 1.82) is 0 Å². The van der Waals surface area contributed by atoms with Crippen molar-refractivity contribution in [3.05, 3.63) is 65.5 Å². The fourth-order valence-electron chi connectivity index (χ4n) is 2.57. The van der Waals surface area contributed by atoms with Crippen LogP contribution in [0.2, 0.25) is 0 Å². The van der Waals surface area contributed by atoms with E-state index in [2.05, 4.69) is 10.3 Å². The summed E-state index contributed by atoms with van der Waals surface area (Å²) < 4.78 is 39.6. The van der Waals surface area contributed by atoms with E-state index in [-0.39, 0.29) is 12.1 Å². The van der Waals surface area contributed by atoms with Gasteiger partial charge in [-0.1, -0.05) is 6.07 Å². The molecule has 0 radical (unpaired) electrons. The molecule has 0 bridgehead atoms. The van der Waals surface area contributed by atoms with Gasteiger partial charge in [0.1, 0.15) is 0 Å². The van der Waals surface area contributed by atoms with Crippen LogP contribution in [-0.4, -0.2) is 15.5 Å². The normalized spacial score (nSPS) is 11.7. The molecule has 0 saturated heterocycles. The standard InChI is InChI=1S/C18H16F3N3O/c1-2-24-11-23-15-9-12(3-8-16(15)24)10-22-17(25)13-4-6-14(7-5-13)18(19,20)21/h3-9,11H,2,10H2,1H3,(H,22,25). The van der Waals surface area contributed by atoms with Crippen molar-refractivity contribution in [2.75, 3.05) is 0 Å². The third-order valence-electron chi connectivity index (χ3n) is 3.95. The maximum Gasteiger partial charge on any atom is 0.416 e. The molecule has 0 aliphatic heterocycles. The number of aryl methyl sites for hydroxylation is 1. The van der Waals surface area contributed by atoms with Gasteiger partial charge in [0.15, 0.2) is 0 Å². The van der Waals surface area contributed by atoms with Crippen molar-refractivity contribution in [2.24, 2.45) is 0 Å². The summed E-state index contributed by atoms with van der Waals surface area (Å²) in [4.78, 5) is 16.4. The predicted molar refractivity (Wildman–Crippen MR) is 88.0 cm³/mol. The smallest absolute Gasteiger partial charge is 0.348 e. The summed E-state index contributed by atoms with van der Waals surface area (Å²) in [5.74, 6) is -0.423. The lowest BCUT2D eigenvalue weighted by molar-refractivity contribution is -0.137. The number of benzene rings is 2. The van der Waals surface area contributed by atoms with E-state index in [9.17, 15) is 18.0 Å². The van der Waals surface area contributed by atoms with Gasteiger partial charge in [0.05, 0.1) is 22.9 Å². The number of alkyl halides is 3. The number of imidazole rings is 1. The number of fused-ring (bicyclic) bond motifs is 1. The monoisotopic (exact) mass is 347 g/mol. The van der Waals surface area contributed by atoms with E-state index in [1.54, 1.807) is 6.33 Å². The first-order valence-electron chi connectivity index (χ1n) is 7.77. The second-order valence-electron chi connectivity index (χ2n) is 5.61. The van der Waals surface area contributed by atoms with E-state index in [4.69, 9.17) is 0 Å². The van der Waals surface area contributed by atoms with Gasteiger partial charge in [0, 0.05) is 18.7 Å². The Morgan fingerprint density at radius 1 is 1.16 bits per heavy atom. The van der Waals surface area contributed by atoms with E-state index in [1.807, 2.05) is 29.7 Å². The summed E-state index contributed by atoms with van der Waals surface area (Å²) >= 11 is 0. The van der Waals surface area contributed by atoms with Gasteiger partial charge >= 0.3 is 6.18 Å². The lowest BCUT2D eigenvalue weighted by Crippen LogP contribution is -2.22. The number of hydrogen-bond acceptors (Lipinski definition) is 2. The third-order valence-corrected chi connectivity index (χ3v) is 3.95. The number of aromatic nitrogens is 2. The summed E-state index contributed by atoms with van der Waals surface area (Å²) in [6.07, 6.45) is -2.65. The van der Waals surface area contributed by atoms with Crippen molar-refractivity contribution in [3.8, 4) is 0 Å². The van der Waals surface area contributed by atoms with Gasteiger partial charge in [0.2, 0.25) is 0 Å². The largest absolute Gasteiger partial charge is 0.416 e. The third kappa shape index (κ3) is 3.65. The first-order chi connectivity index (χ1) is 11.9. The Bertz CT molecular complexity index is 898. The van der Waals surface area contributed by atoms with Crippen LogP contribution in [0.1, 0.15) is 28.4 Å². The minimum Gasteiger partial charge on any atom is -0.348 e. The highest BCUT2D eigenvalue weighted by molar-refractivity contribution is 5.94. The van der Waals surface area contributed by atoms with E-state index in [0.29, 0.717) is 0 Å². The van der Waals surface area contributed by atoms with Crippen molar-refractivity contribution >= 4 is 16.9 Å². The Balaban J connectivity index is 1.67. The van der Waals surface area contributed by atoms with Crippen LogP contribution >= 0.6 is 0 Å². The highest BCUT2D eigenvalue weighted by atomic mass is 19.4. The lowest BCUT2D eigenvalue weighted by Gasteiger charge is -2.08. The molecule has 1 N–H and O–H groups in total. The molecule has 7 heteroatoms. The summed E-state index contributed by atoms with van der Waals surface area (Å²) in [6.45, 7) is 3.12. The van der Waals surface area contributed by atoms with Gasteiger partial charge in [-0.15, -0.1) is 0 Å². The maximum atomic E-state index is 12.5. The average molecular weight is 347 g/mol. The van der Waals surface area contributed by atoms with Crippen LogP contribution in [0.25, 0.3) is 11.0 Å². The van der Waals surface area contributed by atoms with Crippen LogP contribution in [0, 0.1) is 0 Å². The van der Waals surface area contributed by atoms with Crippen LogP contribution in [0.15, 0.2) is 48.8 Å². The first kappa shape index (κ1) is 17.0. The molecule has 0 saturated carbocycles. The molecule has 3 aromatic rings. The van der Waals surface area contributed by atoms with E-state index in [1.165, 1.54) is 12.1 Å². The quantitative estimate of drug-likeness (QED) is 0.775. The minimum absolute atomic E-state index is 0.185. The van der Waals surface area contributed by atoms with E-state index >= 15 is 0 Å². The Morgan fingerprint density at radius 3 is 2.52 bits per heavy atom. The Morgan fingerprint density at radius 2 is 1.88 bits per heavy atom. The Hall–Kier alpha value is -2.83. The molecule has 130 valence electrons. The molecule has 1 aromatic heterocycles. The highest BCUT2D eigenvalue weighted by Crippen LogP contribution is 2.29. The number of halogens is 3. The molecule has 0 spiro atoms. The summed E-state index contributed by atoms with van der Waals surface area (Å²) in [5, 5.41) is 2.70. The maximum absolute atomic E-state index is 12.5. The first-order valence-corrected chi connectivity index (χ1v) is 7.77. The summed E-state index contributed by atoms with van der Waals surface area (Å²) in [5.41, 5.74) is 2.13. The van der Waals surface area contributed by atoms with E-state index in [0.717, 1.165) is 35.3 Å². The highest BCUT2D eigenvalue weighted by Gasteiger charge is 2.30. The van der Waals surface area contributed by atoms with Gasteiger partial charge in [-0.2, -0.15) is 13.2 Å². The topological polar surface area (TPSA) is 46.9 Å². The molecule has 0 aliphatic rings. The SMILES string of the molecule is CCn1cnc2cc(CNC(=O)c3ccc(C(F)(F)F)cc3)ccc21. The molecule has 2 aromatic carbocycles. The van der Waals surface area contributed by atoms with Crippen LogP contribution in [0.5, 0.6) is 0 Å². The second kappa shape index (κ2) is 6.58. The van der Waals surface area contributed by atoms with Crippen molar-refractivity contribution < 1.29 is 18.0 Å². The molecule has 3 rings (SSSR count). The second-order valence-corrected chi connectivity index (χ2v) is 5.61. The van der Waals surface area contributed by atoms with Crippen molar-refractivity contribution in [2.45, 2.75) is 26.2 Å². The fraction of sp³-hybridized carbons (Fsp3) is 0.222. The number of carbonyl (C=O) groups is 1. The number of hydrogen-bond donors (Lipinski definition) is 1. The number of nitrogens with zero attached hydrogens (tertiary/aromatic N) is 2. The number of rotatable bonds is 4. The Kier molecular flexibility index (Phi) is 4.48. The molecule has 0 unspecified atom stereocenters. The molecule has 0 atom stereocenters. The fourth-order valence-corrected chi connectivity index (χ4v) is 2.57.